The topological polar surface area (TPSA) is 73.9 Å². The molecule has 0 spiro atoms. The maximum Gasteiger partial charge on any atom is 0.251 e. The molecule has 1 aliphatic rings. The van der Waals surface area contributed by atoms with Crippen LogP contribution < -0.4 is 20.3 Å². The number of rotatable bonds is 6. The van der Waals surface area contributed by atoms with E-state index in [1.54, 1.807) is 32.4 Å². The normalized spacial score (nSPS) is 13.8. The summed E-state index contributed by atoms with van der Waals surface area (Å²) in [6.45, 7) is 2.96. The molecule has 0 aliphatic carbocycles. The van der Waals surface area contributed by atoms with Gasteiger partial charge in [-0.1, -0.05) is 11.6 Å². The predicted octanol–water partition coefficient (Wildman–Crippen LogP) is 2.47. The summed E-state index contributed by atoms with van der Waals surface area (Å²) in [5.74, 6) is 0.624. The van der Waals surface area contributed by atoms with Gasteiger partial charge in [-0.15, -0.1) is 0 Å². The number of carbonyl (C=O) groups excluding carboxylic acids is 2. The minimum absolute atomic E-state index is 0.000735. The Morgan fingerprint density at radius 2 is 1.76 bits per heavy atom. The molecule has 0 radical (unpaired) electrons. The van der Waals surface area contributed by atoms with Crippen LogP contribution in [0.5, 0.6) is 5.75 Å². The number of nitrogens with one attached hydrogen (secondary N) is 2. The average molecular weight is 417 g/mol. The Bertz CT molecular complexity index is 865. The van der Waals surface area contributed by atoms with E-state index in [0.29, 0.717) is 29.4 Å². The highest BCUT2D eigenvalue weighted by molar-refractivity contribution is 6.33. The Kier molecular flexibility index (Phi) is 6.82. The second-order valence-electron chi connectivity index (χ2n) is 6.69. The quantitative estimate of drug-likeness (QED) is 0.756. The van der Waals surface area contributed by atoms with E-state index in [0.717, 1.165) is 24.5 Å². The molecule has 0 atom stereocenters. The molecule has 8 heteroatoms. The lowest BCUT2D eigenvalue weighted by Crippen LogP contribution is -2.50. The van der Waals surface area contributed by atoms with Crippen molar-refractivity contribution >= 4 is 34.8 Å². The SMILES string of the molecule is CNC(=O)c1ccc(Cl)c(NCC(=O)N2CCN(c3ccc(OC)cc3)CC2)c1. The van der Waals surface area contributed by atoms with Gasteiger partial charge < -0.3 is 25.2 Å². The smallest absolute Gasteiger partial charge is 0.251 e. The van der Waals surface area contributed by atoms with Crippen molar-refractivity contribution in [3.05, 3.63) is 53.1 Å². The standard InChI is InChI=1S/C21H25ClN4O3/c1-23-21(28)15-3-8-18(22)19(13-15)24-14-20(27)26-11-9-25(10-12-26)16-4-6-17(29-2)7-5-16/h3-8,13,24H,9-12,14H2,1-2H3,(H,23,28). The number of ether oxygens (including phenoxy) is 1. The number of amides is 2. The highest BCUT2D eigenvalue weighted by Crippen LogP contribution is 2.23. The van der Waals surface area contributed by atoms with E-state index >= 15 is 0 Å². The van der Waals surface area contributed by atoms with Gasteiger partial charge in [-0.05, 0) is 42.5 Å². The summed E-state index contributed by atoms with van der Waals surface area (Å²) >= 11 is 6.19. The van der Waals surface area contributed by atoms with Gasteiger partial charge in [0, 0.05) is 44.5 Å². The van der Waals surface area contributed by atoms with Crippen LogP contribution in [-0.2, 0) is 4.79 Å². The zero-order valence-corrected chi connectivity index (χ0v) is 17.3. The van der Waals surface area contributed by atoms with Crippen LogP contribution in [0.25, 0.3) is 0 Å². The molecule has 0 unspecified atom stereocenters. The van der Waals surface area contributed by atoms with Gasteiger partial charge in [0.05, 0.1) is 24.4 Å². The van der Waals surface area contributed by atoms with Crippen LogP contribution in [0.1, 0.15) is 10.4 Å². The summed E-state index contributed by atoms with van der Waals surface area (Å²) < 4.78 is 5.19. The zero-order chi connectivity index (χ0) is 20.8. The first-order valence-corrected chi connectivity index (χ1v) is 9.82. The van der Waals surface area contributed by atoms with Gasteiger partial charge in [-0.3, -0.25) is 9.59 Å². The summed E-state index contributed by atoms with van der Waals surface area (Å²) in [6.07, 6.45) is 0. The Labute approximate surface area is 175 Å². The maximum absolute atomic E-state index is 12.6. The Morgan fingerprint density at radius 3 is 2.38 bits per heavy atom. The molecule has 29 heavy (non-hydrogen) atoms. The third-order valence-electron chi connectivity index (χ3n) is 4.96. The molecule has 2 amide bonds. The van der Waals surface area contributed by atoms with Gasteiger partial charge in [0.1, 0.15) is 5.75 Å². The number of carbonyl (C=O) groups is 2. The van der Waals surface area contributed by atoms with Gasteiger partial charge in [0.25, 0.3) is 5.91 Å². The van der Waals surface area contributed by atoms with Crippen molar-refractivity contribution < 1.29 is 14.3 Å². The van der Waals surface area contributed by atoms with Crippen LogP contribution in [0.2, 0.25) is 5.02 Å². The number of piperazine rings is 1. The average Bonchev–Trinajstić information content (AvgIpc) is 2.78. The van der Waals surface area contributed by atoms with Crippen LogP contribution >= 0.6 is 11.6 Å². The molecule has 1 fully saturated rings. The highest BCUT2D eigenvalue weighted by atomic mass is 35.5. The highest BCUT2D eigenvalue weighted by Gasteiger charge is 2.21. The zero-order valence-electron chi connectivity index (χ0n) is 16.6. The summed E-state index contributed by atoms with van der Waals surface area (Å²) in [6, 6.07) is 12.9. The van der Waals surface area contributed by atoms with Crippen molar-refractivity contribution in [1.82, 2.24) is 10.2 Å². The number of methoxy groups -OCH3 is 1. The van der Waals surface area contributed by atoms with E-state index in [2.05, 4.69) is 15.5 Å². The van der Waals surface area contributed by atoms with Gasteiger partial charge in [0.15, 0.2) is 0 Å². The minimum Gasteiger partial charge on any atom is -0.497 e. The lowest BCUT2D eigenvalue weighted by Gasteiger charge is -2.36. The predicted molar refractivity (Wildman–Crippen MR) is 115 cm³/mol. The minimum atomic E-state index is -0.203. The van der Waals surface area contributed by atoms with Crippen molar-refractivity contribution in [2.45, 2.75) is 0 Å². The molecule has 0 bridgehead atoms. The second kappa shape index (κ2) is 9.52. The molecule has 3 rings (SSSR count). The van der Waals surface area contributed by atoms with Crippen LogP contribution in [0.15, 0.2) is 42.5 Å². The molecule has 1 heterocycles. The molecule has 0 saturated carbocycles. The summed E-state index contributed by atoms with van der Waals surface area (Å²) in [5.41, 5.74) is 2.17. The number of hydrogen-bond donors (Lipinski definition) is 2. The van der Waals surface area contributed by atoms with Gasteiger partial charge in [0.2, 0.25) is 5.91 Å². The maximum atomic E-state index is 12.6. The summed E-state index contributed by atoms with van der Waals surface area (Å²) in [7, 11) is 3.22. The number of halogens is 1. The number of nitrogens with zero attached hydrogens (tertiary/aromatic N) is 2. The summed E-state index contributed by atoms with van der Waals surface area (Å²) in [4.78, 5) is 28.5. The first-order chi connectivity index (χ1) is 14.0. The van der Waals surface area contributed by atoms with Crippen molar-refractivity contribution in [2.75, 3.05) is 57.1 Å². The van der Waals surface area contributed by atoms with Gasteiger partial charge >= 0.3 is 0 Å². The van der Waals surface area contributed by atoms with Crippen LogP contribution in [-0.4, -0.2) is 63.6 Å². The molecule has 154 valence electrons. The molecule has 2 N–H and O–H groups in total. The Morgan fingerprint density at radius 1 is 1.07 bits per heavy atom. The van der Waals surface area contributed by atoms with Gasteiger partial charge in [-0.2, -0.15) is 0 Å². The molecule has 1 saturated heterocycles. The lowest BCUT2D eigenvalue weighted by atomic mass is 10.2. The number of hydrogen-bond acceptors (Lipinski definition) is 5. The van der Waals surface area contributed by atoms with E-state index in [-0.39, 0.29) is 18.4 Å². The van der Waals surface area contributed by atoms with Crippen LogP contribution in [0, 0.1) is 0 Å². The van der Waals surface area contributed by atoms with E-state index in [9.17, 15) is 9.59 Å². The lowest BCUT2D eigenvalue weighted by molar-refractivity contribution is -0.129. The van der Waals surface area contributed by atoms with E-state index in [4.69, 9.17) is 16.3 Å². The van der Waals surface area contributed by atoms with E-state index < -0.39 is 0 Å². The van der Waals surface area contributed by atoms with Crippen molar-refractivity contribution in [3.63, 3.8) is 0 Å². The monoisotopic (exact) mass is 416 g/mol. The van der Waals surface area contributed by atoms with Gasteiger partial charge in [-0.25, -0.2) is 0 Å². The van der Waals surface area contributed by atoms with Crippen molar-refractivity contribution in [1.29, 1.82) is 0 Å². The summed E-state index contributed by atoms with van der Waals surface area (Å²) in [5, 5.41) is 6.09. The third kappa shape index (κ3) is 5.12. The fourth-order valence-corrected chi connectivity index (χ4v) is 3.42. The molecule has 1 aliphatic heterocycles. The van der Waals surface area contributed by atoms with E-state index in [1.165, 1.54) is 0 Å². The molecular formula is C21H25ClN4O3. The largest absolute Gasteiger partial charge is 0.497 e. The number of anilines is 2. The first kappa shape index (κ1) is 20.8. The van der Waals surface area contributed by atoms with Crippen LogP contribution in [0.3, 0.4) is 0 Å². The fraction of sp³-hybridized carbons (Fsp3) is 0.333. The fourth-order valence-electron chi connectivity index (χ4n) is 3.24. The molecule has 2 aromatic carbocycles. The van der Waals surface area contributed by atoms with E-state index in [1.807, 2.05) is 29.2 Å². The molecule has 7 nitrogen and oxygen atoms in total. The van der Waals surface area contributed by atoms with Crippen molar-refractivity contribution in [3.8, 4) is 5.75 Å². The Balaban J connectivity index is 1.53. The number of benzene rings is 2. The van der Waals surface area contributed by atoms with Crippen LogP contribution in [0.4, 0.5) is 11.4 Å². The van der Waals surface area contributed by atoms with Crippen molar-refractivity contribution in [2.24, 2.45) is 0 Å². The second-order valence-corrected chi connectivity index (χ2v) is 7.10. The first-order valence-electron chi connectivity index (χ1n) is 9.44. The molecular weight excluding hydrogens is 392 g/mol. The molecule has 0 aromatic heterocycles. The Hall–Kier alpha value is -2.93. The molecule has 2 aromatic rings. The third-order valence-corrected chi connectivity index (χ3v) is 5.29.